The van der Waals surface area contributed by atoms with Gasteiger partial charge in [0.1, 0.15) is 0 Å². The summed E-state index contributed by atoms with van der Waals surface area (Å²) in [5.41, 5.74) is 2.34. The number of hydrogen-bond donors (Lipinski definition) is 0. The van der Waals surface area contributed by atoms with Crippen molar-refractivity contribution in [2.45, 2.75) is 92.9 Å². The lowest BCUT2D eigenvalue weighted by Gasteiger charge is -2.58. The van der Waals surface area contributed by atoms with E-state index in [1.165, 1.54) is 44.1 Å². The van der Waals surface area contributed by atoms with Crippen LogP contribution >= 0.6 is 0 Å². The highest BCUT2D eigenvalue weighted by Gasteiger charge is 2.59. The normalized spacial score (nSPS) is 44.2. The highest BCUT2D eigenvalue weighted by molar-refractivity contribution is 5.91. The summed E-state index contributed by atoms with van der Waals surface area (Å²) in [5.74, 6) is 5.95. The van der Waals surface area contributed by atoms with Crippen molar-refractivity contribution in [1.82, 2.24) is 0 Å². The Morgan fingerprint density at radius 3 is 2.41 bits per heavy atom. The van der Waals surface area contributed by atoms with Gasteiger partial charge in [-0.05, 0) is 103 Å². The average molecular weight is 397 g/mol. The Labute approximate surface area is 179 Å². The van der Waals surface area contributed by atoms with E-state index in [9.17, 15) is 4.79 Å². The lowest BCUT2D eigenvalue weighted by atomic mass is 9.46. The summed E-state index contributed by atoms with van der Waals surface area (Å²) >= 11 is 0. The van der Waals surface area contributed by atoms with E-state index in [2.05, 4.69) is 53.7 Å². The van der Waals surface area contributed by atoms with E-state index in [1.807, 2.05) is 6.08 Å². The summed E-state index contributed by atoms with van der Waals surface area (Å²) in [6, 6.07) is 0. The highest BCUT2D eigenvalue weighted by atomic mass is 16.1. The van der Waals surface area contributed by atoms with Gasteiger partial charge in [-0.25, -0.2) is 0 Å². The zero-order valence-corrected chi connectivity index (χ0v) is 19.8. The van der Waals surface area contributed by atoms with Crippen LogP contribution in [0.25, 0.3) is 0 Å². The number of carbonyl (C=O) groups excluding carboxylic acids is 1. The third kappa shape index (κ3) is 3.49. The predicted molar refractivity (Wildman–Crippen MR) is 123 cm³/mol. The molecule has 0 radical (unpaired) electrons. The Morgan fingerprint density at radius 1 is 0.931 bits per heavy atom. The molecule has 0 spiro atoms. The van der Waals surface area contributed by atoms with Crippen molar-refractivity contribution in [1.29, 1.82) is 0 Å². The van der Waals surface area contributed by atoms with Crippen molar-refractivity contribution in [2.24, 2.45) is 52.3 Å². The standard InChI is InChI=1S/C28H44O/c1-18(2)19(3)7-8-20(4)24-11-12-25-23-10-9-21-17-22(29)13-15-27(21,5)26(23)14-16-28(24,25)6/h7-8,17-20,23-26H,9-16H2,1-6H3/b8-7+/t19-,20+,23+,24-,25+,26+,27-,28+/m0/s1. The predicted octanol–water partition coefficient (Wildman–Crippen LogP) is 7.62. The summed E-state index contributed by atoms with van der Waals surface area (Å²) in [6.45, 7) is 14.7. The van der Waals surface area contributed by atoms with E-state index in [-0.39, 0.29) is 0 Å². The van der Waals surface area contributed by atoms with Crippen molar-refractivity contribution in [3.63, 3.8) is 0 Å². The molecule has 3 saturated carbocycles. The Kier molecular flexibility index (Phi) is 5.67. The number of rotatable bonds is 4. The fourth-order valence-electron chi connectivity index (χ4n) is 8.17. The molecule has 0 aromatic rings. The molecule has 4 aliphatic rings. The van der Waals surface area contributed by atoms with Crippen molar-refractivity contribution in [2.75, 3.05) is 0 Å². The Balaban J connectivity index is 1.53. The monoisotopic (exact) mass is 396 g/mol. The molecule has 0 bridgehead atoms. The molecule has 4 aliphatic carbocycles. The molecule has 29 heavy (non-hydrogen) atoms. The quantitative estimate of drug-likeness (QED) is 0.447. The van der Waals surface area contributed by atoms with Crippen molar-refractivity contribution in [3.8, 4) is 0 Å². The minimum atomic E-state index is 0.314. The van der Waals surface area contributed by atoms with E-state index >= 15 is 0 Å². The topological polar surface area (TPSA) is 17.1 Å². The second kappa shape index (κ2) is 7.69. The molecule has 3 fully saturated rings. The van der Waals surface area contributed by atoms with Gasteiger partial charge >= 0.3 is 0 Å². The maximum absolute atomic E-state index is 12.0. The minimum absolute atomic E-state index is 0.314. The van der Waals surface area contributed by atoms with Gasteiger partial charge in [-0.2, -0.15) is 0 Å². The van der Waals surface area contributed by atoms with E-state index in [4.69, 9.17) is 0 Å². The van der Waals surface area contributed by atoms with E-state index in [0.29, 0.717) is 28.4 Å². The molecule has 4 rings (SSSR count). The molecule has 0 aromatic heterocycles. The molecule has 8 atom stereocenters. The lowest BCUT2D eigenvalue weighted by Crippen LogP contribution is -2.50. The molecule has 0 amide bonds. The van der Waals surface area contributed by atoms with E-state index < -0.39 is 0 Å². The average Bonchev–Trinajstić information content (AvgIpc) is 3.03. The van der Waals surface area contributed by atoms with Gasteiger partial charge in [0, 0.05) is 6.42 Å². The molecular weight excluding hydrogens is 352 g/mol. The van der Waals surface area contributed by atoms with Gasteiger partial charge < -0.3 is 0 Å². The van der Waals surface area contributed by atoms with E-state index in [1.54, 1.807) is 0 Å². The molecule has 0 heterocycles. The summed E-state index contributed by atoms with van der Waals surface area (Å²) < 4.78 is 0. The first-order chi connectivity index (χ1) is 13.7. The first-order valence-corrected chi connectivity index (χ1v) is 12.6. The minimum Gasteiger partial charge on any atom is -0.295 e. The zero-order valence-electron chi connectivity index (χ0n) is 19.8. The molecule has 0 unspecified atom stereocenters. The van der Waals surface area contributed by atoms with Crippen LogP contribution in [0.4, 0.5) is 0 Å². The van der Waals surface area contributed by atoms with Crippen LogP contribution in [0.2, 0.25) is 0 Å². The summed E-state index contributed by atoms with van der Waals surface area (Å²) in [7, 11) is 0. The highest BCUT2D eigenvalue weighted by Crippen LogP contribution is 2.67. The van der Waals surface area contributed by atoms with Crippen LogP contribution in [-0.4, -0.2) is 5.78 Å². The Hall–Kier alpha value is -0.850. The number of carbonyl (C=O) groups is 1. The molecule has 0 aromatic carbocycles. The van der Waals surface area contributed by atoms with Crippen LogP contribution in [0, 0.1) is 52.3 Å². The van der Waals surface area contributed by atoms with Crippen molar-refractivity contribution in [3.05, 3.63) is 23.8 Å². The van der Waals surface area contributed by atoms with Gasteiger partial charge in [0.05, 0.1) is 0 Å². The largest absolute Gasteiger partial charge is 0.295 e. The smallest absolute Gasteiger partial charge is 0.155 e. The molecule has 1 heteroatoms. The first-order valence-electron chi connectivity index (χ1n) is 12.6. The molecular formula is C28H44O. The Bertz CT molecular complexity index is 699. The van der Waals surface area contributed by atoms with Gasteiger partial charge in [-0.1, -0.05) is 59.3 Å². The fourth-order valence-corrected chi connectivity index (χ4v) is 8.17. The van der Waals surface area contributed by atoms with Crippen LogP contribution < -0.4 is 0 Å². The molecule has 0 aliphatic heterocycles. The van der Waals surface area contributed by atoms with Crippen molar-refractivity contribution >= 4 is 5.78 Å². The van der Waals surface area contributed by atoms with Crippen LogP contribution in [0.1, 0.15) is 92.9 Å². The van der Waals surface area contributed by atoms with Crippen molar-refractivity contribution < 1.29 is 4.79 Å². The second-order valence-corrected chi connectivity index (χ2v) is 12.0. The second-order valence-electron chi connectivity index (χ2n) is 12.0. The molecule has 0 N–H and O–H groups in total. The van der Waals surface area contributed by atoms with Gasteiger partial charge in [-0.15, -0.1) is 0 Å². The van der Waals surface area contributed by atoms with Gasteiger partial charge in [0.25, 0.3) is 0 Å². The van der Waals surface area contributed by atoms with Crippen LogP contribution in [-0.2, 0) is 4.79 Å². The van der Waals surface area contributed by atoms with Gasteiger partial charge in [-0.3, -0.25) is 4.79 Å². The fraction of sp³-hybridized carbons (Fsp3) is 0.821. The maximum atomic E-state index is 12.0. The van der Waals surface area contributed by atoms with Crippen LogP contribution in [0.5, 0.6) is 0 Å². The number of hydrogen-bond acceptors (Lipinski definition) is 1. The summed E-state index contributed by atoms with van der Waals surface area (Å²) in [5, 5.41) is 0. The summed E-state index contributed by atoms with van der Waals surface area (Å²) in [4.78, 5) is 12.0. The molecule has 0 saturated heterocycles. The van der Waals surface area contributed by atoms with E-state index in [0.717, 1.165) is 42.4 Å². The van der Waals surface area contributed by atoms with Gasteiger partial charge in [0.15, 0.2) is 5.78 Å². The SMILES string of the molecule is CC(C)[C@@H](C)/C=C/[C@@H](C)[C@@H]1CC[C@@H]2[C@H]3CCC4=CC(=O)CC[C@]4(C)[C@@H]3CC[C@@]21C. The third-order valence-corrected chi connectivity index (χ3v) is 10.4. The summed E-state index contributed by atoms with van der Waals surface area (Å²) in [6.07, 6.45) is 17.2. The lowest BCUT2D eigenvalue weighted by molar-refractivity contribution is -0.117. The van der Waals surface area contributed by atoms with Gasteiger partial charge in [0.2, 0.25) is 0 Å². The Morgan fingerprint density at radius 2 is 1.69 bits per heavy atom. The number of ketones is 1. The number of allylic oxidation sites excluding steroid dienone is 3. The van der Waals surface area contributed by atoms with Crippen LogP contribution in [0.3, 0.4) is 0 Å². The molecule has 162 valence electrons. The zero-order chi connectivity index (χ0) is 21.0. The third-order valence-electron chi connectivity index (χ3n) is 10.4. The maximum Gasteiger partial charge on any atom is 0.155 e. The molecule has 1 nitrogen and oxygen atoms in total. The first kappa shape index (κ1) is 21.4. The van der Waals surface area contributed by atoms with Crippen LogP contribution in [0.15, 0.2) is 23.8 Å². The number of fused-ring (bicyclic) bond motifs is 5.